The van der Waals surface area contributed by atoms with Crippen molar-refractivity contribution in [2.24, 2.45) is 0 Å². The molecule has 20 heavy (non-hydrogen) atoms. The minimum absolute atomic E-state index is 0.250. The lowest BCUT2D eigenvalue weighted by Crippen LogP contribution is -2.11. The van der Waals surface area contributed by atoms with E-state index in [0.717, 1.165) is 10.1 Å². The van der Waals surface area contributed by atoms with Crippen LogP contribution in [0, 0.1) is 5.82 Å². The fourth-order valence-electron chi connectivity index (χ4n) is 1.67. The van der Waals surface area contributed by atoms with Gasteiger partial charge < -0.3 is 5.32 Å². The molecule has 0 saturated heterocycles. The number of nitrogens with one attached hydrogen (secondary N) is 1. The minimum atomic E-state index is -0.324. The Morgan fingerprint density at radius 2 is 2.10 bits per heavy atom. The Morgan fingerprint density at radius 3 is 2.85 bits per heavy atom. The summed E-state index contributed by atoms with van der Waals surface area (Å²) < 4.78 is 13.8. The third kappa shape index (κ3) is 2.61. The summed E-state index contributed by atoms with van der Waals surface area (Å²) in [6.07, 6.45) is 2.71. The van der Waals surface area contributed by atoms with Crippen molar-refractivity contribution in [3.8, 4) is 0 Å². The monoisotopic (exact) mass is 307 g/mol. The minimum Gasteiger partial charge on any atom is -0.305 e. The van der Waals surface area contributed by atoms with Gasteiger partial charge in [0.1, 0.15) is 11.0 Å². The molecule has 0 unspecified atom stereocenters. The van der Waals surface area contributed by atoms with Crippen molar-refractivity contribution in [3.63, 3.8) is 0 Å². The van der Waals surface area contributed by atoms with E-state index in [0.29, 0.717) is 10.7 Å². The molecule has 0 bridgehead atoms. The molecule has 1 aromatic carbocycles. The number of fused-ring (bicyclic) bond motifs is 1. The molecular weight excluding hydrogens is 301 g/mol. The number of amides is 1. The van der Waals surface area contributed by atoms with Crippen LogP contribution in [0.4, 0.5) is 10.2 Å². The standard InChI is InChI=1S/C13H7ClFN3OS/c14-11-5-17-12(6-16-11)18-13(19)10-3-7-1-2-8(15)4-9(7)20-10/h1-6H,(H,17,18,19). The molecule has 0 fully saturated rings. The van der Waals surface area contributed by atoms with Crippen LogP contribution in [0.1, 0.15) is 9.67 Å². The first-order valence-electron chi connectivity index (χ1n) is 5.60. The van der Waals surface area contributed by atoms with Crippen LogP contribution in [0.25, 0.3) is 10.1 Å². The van der Waals surface area contributed by atoms with E-state index in [9.17, 15) is 9.18 Å². The first-order valence-corrected chi connectivity index (χ1v) is 6.79. The van der Waals surface area contributed by atoms with Gasteiger partial charge in [0.05, 0.1) is 17.3 Å². The number of thiophene rings is 1. The third-order valence-corrected chi connectivity index (χ3v) is 3.86. The Morgan fingerprint density at radius 1 is 1.25 bits per heavy atom. The average Bonchev–Trinajstić information content (AvgIpc) is 2.84. The smallest absolute Gasteiger partial charge is 0.266 e. The number of halogens is 2. The van der Waals surface area contributed by atoms with Gasteiger partial charge >= 0.3 is 0 Å². The highest BCUT2D eigenvalue weighted by Gasteiger charge is 2.11. The molecule has 2 heterocycles. The van der Waals surface area contributed by atoms with Crippen molar-refractivity contribution in [1.82, 2.24) is 9.97 Å². The molecule has 2 aromatic heterocycles. The highest BCUT2D eigenvalue weighted by atomic mass is 35.5. The number of aromatic nitrogens is 2. The Balaban J connectivity index is 1.86. The van der Waals surface area contributed by atoms with E-state index in [1.54, 1.807) is 12.1 Å². The summed E-state index contributed by atoms with van der Waals surface area (Å²) in [7, 11) is 0. The SMILES string of the molecule is O=C(Nc1cnc(Cl)cn1)c1cc2ccc(F)cc2s1. The lowest BCUT2D eigenvalue weighted by Gasteiger charge is -2.01. The van der Waals surface area contributed by atoms with Crippen LogP contribution in [0.5, 0.6) is 0 Å². The molecule has 0 radical (unpaired) electrons. The van der Waals surface area contributed by atoms with Gasteiger partial charge in [-0.1, -0.05) is 17.7 Å². The predicted octanol–water partition coefficient (Wildman–Crippen LogP) is 3.74. The molecule has 1 amide bonds. The lowest BCUT2D eigenvalue weighted by atomic mass is 10.2. The number of carbonyl (C=O) groups is 1. The Labute approximate surface area is 122 Å². The van der Waals surface area contributed by atoms with Crippen LogP contribution in [0.2, 0.25) is 5.15 Å². The number of benzene rings is 1. The molecule has 100 valence electrons. The fraction of sp³-hybridized carbons (Fsp3) is 0. The molecule has 3 rings (SSSR count). The van der Waals surface area contributed by atoms with Gasteiger partial charge in [0, 0.05) is 4.70 Å². The van der Waals surface area contributed by atoms with Gasteiger partial charge in [-0.3, -0.25) is 4.79 Å². The number of hydrogen-bond acceptors (Lipinski definition) is 4. The van der Waals surface area contributed by atoms with Gasteiger partial charge in [0.15, 0.2) is 5.82 Å². The molecular formula is C13H7ClFN3OS. The van der Waals surface area contributed by atoms with Gasteiger partial charge in [0.25, 0.3) is 5.91 Å². The zero-order chi connectivity index (χ0) is 14.1. The molecule has 1 N–H and O–H groups in total. The van der Waals surface area contributed by atoms with Crippen LogP contribution in [-0.4, -0.2) is 15.9 Å². The van der Waals surface area contributed by atoms with E-state index in [1.165, 1.54) is 35.9 Å². The summed E-state index contributed by atoms with van der Waals surface area (Å²) in [5.74, 6) is -0.332. The summed E-state index contributed by atoms with van der Waals surface area (Å²) in [6, 6.07) is 6.11. The van der Waals surface area contributed by atoms with Crippen LogP contribution in [0.15, 0.2) is 36.7 Å². The molecule has 0 saturated carbocycles. The largest absolute Gasteiger partial charge is 0.305 e. The number of anilines is 1. The summed E-state index contributed by atoms with van der Waals surface area (Å²) in [4.78, 5) is 20.3. The first-order chi connectivity index (χ1) is 9.61. The van der Waals surface area contributed by atoms with E-state index in [1.807, 2.05) is 0 Å². The Hall–Kier alpha value is -2.05. The average molecular weight is 308 g/mol. The highest BCUT2D eigenvalue weighted by molar-refractivity contribution is 7.20. The number of nitrogens with zero attached hydrogens (tertiary/aromatic N) is 2. The molecule has 0 spiro atoms. The summed E-state index contributed by atoms with van der Waals surface area (Å²) in [6.45, 7) is 0. The van der Waals surface area contributed by atoms with Gasteiger partial charge in [-0.15, -0.1) is 11.3 Å². The maximum Gasteiger partial charge on any atom is 0.266 e. The zero-order valence-corrected chi connectivity index (χ0v) is 11.5. The Bertz CT molecular complexity index is 788. The zero-order valence-electron chi connectivity index (χ0n) is 9.93. The van der Waals surface area contributed by atoms with Crippen LogP contribution < -0.4 is 5.32 Å². The number of rotatable bonds is 2. The van der Waals surface area contributed by atoms with Crippen LogP contribution >= 0.6 is 22.9 Å². The van der Waals surface area contributed by atoms with Crippen molar-refractivity contribution < 1.29 is 9.18 Å². The fourth-order valence-corrected chi connectivity index (χ4v) is 2.75. The van der Waals surface area contributed by atoms with Gasteiger partial charge in [-0.2, -0.15) is 0 Å². The van der Waals surface area contributed by atoms with Gasteiger partial charge in [-0.05, 0) is 23.6 Å². The number of carbonyl (C=O) groups excluding carboxylic acids is 1. The molecule has 3 aromatic rings. The van der Waals surface area contributed by atoms with Crippen molar-refractivity contribution in [3.05, 3.63) is 52.5 Å². The van der Waals surface area contributed by atoms with Crippen LogP contribution in [0.3, 0.4) is 0 Å². The third-order valence-electron chi connectivity index (χ3n) is 2.57. The highest BCUT2D eigenvalue weighted by Crippen LogP contribution is 2.26. The maximum atomic E-state index is 13.1. The number of hydrogen-bond donors (Lipinski definition) is 1. The molecule has 0 aliphatic heterocycles. The van der Waals surface area contributed by atoms with Crippen LogP contribution in [-0.2, 0) is 0 Å². The van der Waals surface area contributed by atoms with Crippen molar-refractivity contribution in [2.45, 2.75) is 0 Å². The van der Waals surface area contributed by atoms with Crippen molar-refractivity contribution >= 4 is 44.7 Å². The maximum absolute atomic E-state index is 13.1. The van der Waals surface area contributed by atoms with E-state index in [-0.39, 0.29) is 16.9 Å². The predicted molar refractivity (Wildman–Crippen MR) is 76.8 cm³/mol. The van der Waals surface area contributed by atoms with Gasteiger partial charge in [-0.25, -0.2) is 14.4 Å². The van der Waals surface area contributed by atoms with E-state index < -0.39 is 0 Å². The van der Waals surface area contributed by atoms with E-state index in [4.69, 9.17) is 11.6 Å². The summed E-state index contributed by atoms with van der Waals surface area (Å²) >= 11 is 6.83. The summed E-state index contributed by atoms with van der Waals surface area (Å²) in [5.41, 5.74) is 0. The van der Waals surface area contributed by atoms with E-state index in [2.05, 4.69) is 15.3 Å². The second kappa shape index (κ2) is 5.15. The van der Waals surface area contributed by atoms with Crippen molar-refractivity contribution in [1.29, 1.82) is 0 Å². The molecule has 7 heteroatoms. The molecule has 4 nitrogen and oxygen atoms in total. The molecule has 0 atom stereocenters. The normalized spacial score (nSPS) is 10.7. The molecule has 0 aliphatic rings. The van der Waals surface area contributed by atoms with Crippen molar-refractivity contribution in [2.75, 3.05) is 5.32 Å². The van der Waals surface area contributed by atoms with Gasteiger partial charge in [0.2, 0.25) is 0 Å². The van der Waals surface area contributed by atoms with E-state index >= 15 is 0 Å². The Kier molecular flexibility index (Phi) is 3.33. The molecule has 0 aliphatic carbocycles. The topological polar surface area (TPSA) is 54.9 Å². The summed E-state index contributed by atoms with van der Waals surface area (Å²) in [5, 5.41) is 3.68. The second-order valence-electron chi connectivity index (χ2n) is 3.97. The quantitative estimate of drug-likeness (QED) is 0.784. The first kappa shape index (κ1) is 13.0. The second-order valence-corrected chi connectivity index (χ2v) is 5.44. The lowest BCUT2D eigenvalue weighted by molar-refractivity contribution is 0.103.